The van der Waals surface area contributed by atoms with Crippen LogP contribution in [0.1, 0.15) is 94.3 Å². The topological polar surface area (TPSA) is 77.8 Å². The van der Waals surface area contributed by atoms with Gasteiger partial charge < -0.3 is 15.3 Å². The molecule has 1 aromatic rings. The minimum Gasteiger partial charge on any atom is -0.481 e. The van der Waals surface area contributed by atoms with Gasteiger partial charge in [-0.15, -0.1) is 11.6 Å². The molecule has 1 fully saturated rings. The largest absolute Gasteiger partial charge is 0.481 e. The van der Waals surface area contributed by atoms with Crippen molar-refractivity contribution in [1.82, 2.24) is 0 Å². The maximum atomic E-state index is 10.6. The molecule has 0 bridgehead atoms. The molecule has 168 valence electrons. The lowest BCUT2D eigenvalue weighted by molar-refractivity contribution is -0.137. The molecule has 5 atom stereocenters. The molecule has 3 N–H and O–H groups in total. The molecule has 0 radical (unpaired) electrons. The molecule has 0 aromatic heterocycles. The number of carboxylic acid groups (broad SMARTS) is 1. The monoisotopic (exact) mass is 436 g/mol. The molecule has 0 saturated heterocycles. The average molecular weight is 437 g/mol. The number of aliphatic hydroxyl groups excluding tert-OH is 2. The highest BCUT2D eigenvalue weighted by Crippen LogP contribution is 2.45. The predicted molar refractivity (Wildman–Crippen MR) is 122 cm³/mol. The van der Waals surface area contributed by atoms with Crippen molar-refractivity contribution in [2.24, 2.45) is 5.92 Å². The van der Waals surface area contributed by atoms with E-state index in [1.807, 2.05) is 30.3 Å². The highest BCUT2D eigenvalue weighted by molar-refractivity contribution is 6.21. The first kappa shape index (κ1) is 24.9. The van der Waals surface area contributed by atoms with Crippen LogP contribution in [0.4, 0.5) is 0 Å². The second kappa shape index (κ2) is 13.1. The van der Waals surface area contributed by atoms with Crippen molar-refractivity contribution in [2.45, 2.75) is 94.6 Å². The van der Waals surface area contributed by atoms with Crippen molar-refractivity contribution in [3.05, 3.63) is 47.5 Å². The molecule has 1 aromatic carbocycles. The van der Waals surface area contributed by atoms with Crippen LogP contribution in [0.15, 0.2) is 36.4 Å². The van der Waals surface area contributed by atoms with Crippen molar-refractivity contribution in [3.63, 3.8) is 0 Å². The summed E-state index contributed by atoms with van der Waals surface area (Å²) in [6.45, 7) is 2.18. The van der Waals surface area contributed by atoms with Gasteiger partial charge >= 0.3 is 5.97 Å². The minimum absolute atomic E-state index is 0.0214. The second-order valence-electron chi connectivity index (χ2n) is 8.53. The van der Waals surface area contributed by atoms with E-state index < -0.39 is 18.2 Å². The molecule has 1 aliphatic carbocycles. The third-order valence-electron chi connectivity index (χ3n) is 6.18. The highest BCUT2D eigenvalue weighted by atomic mass is 35.5. The van der Waals surface area contributed by atoms with Crippen LogP contribution in [0.3, 0.4) is 0 Å². The summed E-state index contributed by atoms with van der Waals surface area (Å²) in [6, 6.07) is 8.01. The van der Waals surface area contributed by atoms with Gasteiger partial charge in [-0.3, -0.25) is 4.79 Å². The fourth-order valence-corrected chi connectivity index (χ4v) is 4.88. The number of allylic oxidation sites excluding steroid dienone is 2. The van der Waals surface area contributed by atoms with Gasteiger partial charge in [0.15, 0.2) is 0 Å². The van der Waals surface area contributed by atoms with Crippen LogP contribution in [0.25, 0.3) is 0 Å². The number of aliphatic carboxylic acids is 1. The fraction of sp³-hybridized carbons (Fsp3) is 0.640. The van der Waals surface area contributed by atoms with Gasteiger partial charge in [-0.1, -0.05) is 69.0 Å². The molecule has 1 aliphatic rings. The molecule has 0 spiro atoms. The highest BCUT2D eigenvalue weighted by Gasteiger charge is 2.41. The molecular weight excluding hydrogens is 400 g/mol. The zero-order chi connectivity index (χ0) is 21.9. The number of rotatable bonds is 13. The van der Waals surface area contributed by atoms with Crippen LogP contribution < -0.4 is 0 Å². The Labute approximate surface area is 186 Å². The molecule has 30 heavy (non-hydrogen) atoms. The fourth-order valence-electron chi connectivity index (χ4n) is 4.44. The quantitative estimate of drug-likeness (QED) is 0.202. The normalized spacial score (nSPS) is 25.1. The number of unbranched alkanes of at least 4 members (excludes halogenated alkanes) is 4. The molecule has 2 unspecified atom stereocenters. The Morgan fingerprint density at radius 3 is 2.57 bits per heavy atom. The number of carbonyl (C=O) groups is 1. The van der Waals surface area contributed by atoms with Gasteiger partial charge in [-0.2, -0.15) is 0 Å². The number of benzene rings is 1. The summed E-state index contributed by atoms with van der Waals surface area (Å²) in [5.74, 6) is -0.646. The van der Waals surface area contributed by atoms with E-state index in [2.05, 4.69) is 13.0 Å². The van der Waals surface area contributed by atoms with Crippen LogP contribution in [-0.4, -0.2) is 32.8 Å². The zero-order valence-electron chi connectivity index (χ0n) is 18.0. The minimum atomic E-state index is -0.766. The summed E-state index contributed by atoms with van der Waals surface area (Å²) < 4.78 is 0. The summed E-state index contributed by atoms with van der Waals surface area (Å²) in [5, 5.41) is 29.6. The summed E-state index contributed by atoms with van der Waals surface area (Å²) in [7, 11) is 0. The van der Waals surface area contributed by atoms with E-state index in [4.69, 9.17) is 16.7 Å². The zero-order valence-corrected chi connectivity index (χ0v) is 18.8. The predicted octanol–water partition coefficient (Wildman–Crippen LogP) is 5.96. The standard InChI is InChI=1S/C25H37ClO4/c1-2-3-4-8-11-22(27)18-13-15-19(16-14-18)25-20(21(26)17-23(25)28)10-7-5-6-9-12-24(29)30/h5,7,13-16,20-23,25,27-28H,2-4,6,8-12,17H2,1H3,(H,29,30)/b7-5-/t20-,21+,22?,23?,25+/m0/s1. The van der Waals surface area contributed by atoms with Crippen molar-refractivity contribution in [2.75, 3.05) is 0 Å². The van der Waals surface area contributed by atoms with Crippen LogP contribution in [0.2, 0.25) is 0 Å². The number of hydrogen-bond donors (Lipinski definition) is 3. The van der Waals surface area contributed by atoms with E-state index in [1.165, 1.54) is 12.8 Å². The first-order valence-electron chi connectivity index (χ1n) is 11.4. The lowest BCUT2D eigenvalue weighted by atomic mass is 9.84. The van der Waals surface area contributed by atoms with Crippen molar-refractivity contribution in [3.8, 4) is 0 Å². The molecule has 0 amide bonds. The third kappa shape index (κ3) is 7.72. The summed E-state index contributed by atoms with van der Waals surface area (Å²) >= 11 is 6.55. The Morgan fingerprint density at radius 2 is 1.90 bits per heavy atom. The van der Waals surface area contributed by atoms with Gasteiger partial charge in [0.05, 0.1) is 12.2 Å². The first-order valence-corrected chi connectivity index (χ1v) is 11.8. The van der Waals surface area contributed by atoms with E-state index in [9.17, 15) is 15.0 Å². The van der Waals surface area contributed by atoms with Crippen LogP contribution in [-0.2, 0) is 4.79 Å². The lowest BCUT2D eigenvalue weighted by Gasteiger charge is -2.23. The summed E-state index contributed by atoms with van der Waals surface area (Å²) in [6.07, 6.45) is 11.5. The van der Waals surface area contributed by atoms with Gasteiger partial charge in [0, 0.05) is 17.7 Å². The van der Waals surface area contributed by atoms with Gasteiger partial charge in [-0.05, 0) is 49.1 Å². The van der Waals surface area contributed by atoms with E-state index in [0.29, 0.717) is 12.8 Å². The van der Waals surface area contributed by atoms with Crippen LogP contribution in [0, 0.1) is 5.92 Å². The van der Waals surface area contributed by atoms with Crippen LogP contribution in [0.5, 0.6) is 0 Å². The molecule has 4 nitrogen and oxygen atoms in total. The van der Waals surface area contributed by atoms with Gasteiger partial charge in [0.25, 0.3) is 0 Å². The van der Waals surface area contributed by atoms with Crippen molar-refractivity contribution >= 4 is 17.6 Å². The number of alkyl halides is 1. The average Bonchev–Trinajstić information content (AvgIpc) is 3.00. The summed E-state index contributed by atoms with van der Waals surface area (Å²) in [4.78, 5) is 10.6. The molecule has 5 heteroatoms. The van der Waals surface area contributed by atoms with E-state index in [1.54, 1.807) is 0 Å². The Bertz CT molecular complexity index is 658. The first-order chi connectivity index (χ1) is 14.4. The number of halogens is 1. The van der Waals surface area contributed by atoms with Gasteiger partial charge in [-0.25, -0.2) is 0 Å². The molecule has 1 saturated carbocycles. The Morgan fingerprint density at radius 1 is 1.17 bits per heavy atom. The number of aliphatic hydroxyl groups is 2. The van der Waals surface area contributed by atoms with Gasteiger partial charge in [0.2, 0.25) is 0 Å². The maximum absolute atomic E-state index is 10.6. The van der Waals surface area contributed by atoms with Crippen LogP contribution >= 0.6 is 11.6 Å². The SMILES string of the molecule is CCCCCCC(O)c1ccc([C@H]2C(O)C[C@@H](Cl)[C@@H]2C/C=C\CCCC(=O)O)cc1. The number of carboxylic acids is 1. The van der Waals surface area contributed by atoms with E-state index in [0.717, 1.165) is 43.2 Å². The molecule has 0 heterocycles. The van der Waals surface area contributed by atoms with Crippen molar-refractivity contribution < 1.29 is 20.1 Å². The Hall–Kier alpha value is -1.36. The third-order valence-corrected chi connectivity index (χ3v) is 6.68. The molecular formula is C25H37ClO4. The van der Waals surface area contributed by atoms with E-state index in [-0.39, 0.29) is 23.6 Å². The van der Waals surface area contributed by atoms with E-state index >= 15 is 0 Å². The maximum Gasteiger partial charge on any atom is 0.303 e. The smallest absolute Gasteiger partial charge is 0.303 e. The molecule has 0 aliphatic heterocycles. The Balaban J connectivity index is 1.94. The molecule has 2 rings (SSSR count). The van der Waals surface area contributed by atoms with Crippen molar-refractivity contribution in [1.29, 1.82) is 0 Å². The Kier molecular flexibility index (Phi) is 10.9. The summed E-state index contributed by atoms with van der Waals surface area (Å²) in [5.41, 5.74) is 2.00. The lowest BCUT2D eigenvalue weighted by Crippen LogP contribution is -2.18. The second-order valence-corrected chi connectivity index (χ2v) is 9.09. The van der Waals surface area contributed by atoms with Gasteiger partial charge in [0.1, 0.15) is 0 Å². The number of hydrogen-bond acceptors (Lipinski definition) is 3.